The minimum Gasteiger partial charge on any atom is -0.326 e. The van der Waals surface area contributed by atoms with Crippen LogP contribution in [-0.4, -0.2) is 17.6 Å². The topological polar surface area (TPSA) is 49.4 Å². The van der Waals surface area contributed by atoms with Gasteiger partial charge < -0.3 is 5.32 Å². The third-order valence-corrected chi connectivity index (χ3v) is 5.53. The minimum absolute atomic E-state index is 0.0167. The monoisotopic (exact) mass is 368 g/mol. The van der Waals surface area contributed by atoms with Gasteiger partial charge in [-0.3, -0.25) is 14.5 Å². The molecule has 2 amide bonds. The SMILES string of the molecule is Cc1ccc(N2C(=O)CSC2c2ccc(NC(=O)C(C)(C)C)cc2)cc1. The van der Waals surface area contributed by atoms with E-state index in [2.05, 4.69) is 5.32 Å². The second-order valence-electron chi connectivity index (χ2n) is 7.59. The quantitative estimate of drug-likeness (QED) is 0.850. The number of carbonyl (C=O) groups is 2. The summed E-state index contributed by atoms with van der Waals surface area (Å²) in [5.41, 5.74) is 3.47. The van der Waals surface area contributed by atoms with Crippen molar-refractivity contribution in [3.05, 3.63) is 59.7 Å². The van der Waals surface area contributed by atoms with Gasteiger partial charge in [-0.25, -0.2) is 0 Å². The van der Waals surface area contributed by atoms with Crippen molar-refractivity contribution in [1.82, 2.24) is 0 Å². The summed E-state index contributed by atoms with van der Waals surface area (Å²) in [5, 5.41) is 2.89. The first-order valence-electron chi connectivity index (χ1n) is 8.67. The van der Waals surface area contributed by atoms with Gasteiger partial charge in [0.1, 0.15) is 5.37 Å². The normalized spacial score (nSPS) is 17.5. The van der Waals surface area contributed by atoms with E-state index in [9.17, 15) is 9.59 Å². The lowest BCUT2D eigenvalue weighted by molar-refractivity contribution is -0.123. The van der Waals surface area contributed by atoms with Crippen LogP contribution in [0, 0.1) is 12.3 Å². The van der Waals surface area contributed by atoms with Crippen LogP contribution in [0.25, 0.3) is 0 Å². The molecule has 1 fully saturated rings. The Morgan fingerprint density at radius 3 is 2.27 bits per heavy atom. The predicted octanol–water partition coefficient (Wildman–Crippen LogP) is 4.76. The van der Waals surface area contributed by atoms with Crippen molar-refractivity contribution >= 4 is 35.0 Å². The van der Waals surface area contributed by atoms with E-state index in [0.717, 1.165) is 16.9 Å². The molecule has 0 aliphatic carbocycles. The Labute approximate surface area is 159 Å². The minimum atomic E-state index is -0.436. The lowest BCUT2D eigenvalue weighted by atomic mass is 9.95. The number of benzene rings is 2. The van der Waals surface area contributed by atoms with Gasteiger partial charge in [-0.2, -0.15) is 0 Å². The molecule has 5 heteroatoms. The summed E-state index contributed by atoms with van der Waals surface area (Å²) in [6.07, 6.45) is 0. The Balaban J connectivity index is 1.80. The van der Waals surface area contributed by atoms with Crippen molar-refractivity contribution in [1.29, 1.82) is 0 Å². The molecule has 0 aromatic heterocycles. The zero-order chi connectivity index (χ0) is 18.9. The van der Waals surface area contributed by atoms with Gasteiger partial charge in [0, 0.05) is 16.8 Å². The summed E-state index contributed by atoms with van der Waals surface area (Å²) in [5.74, 6) is 0.576. The summed E-state index contributed by atoms with van der Waals surface area (Å²) in [6.45, 7) is 7.69. The molecule has 1 aliphatic rings. The van der Waals surface area contributed by atoms with E-state index in [1.807, 2.05) is 81.1 Å². The van der Waals surface area contributed by atoms with Crippen LogP contribution in [0.1, 0.15) is 37.3 Å². The molecule has 26 heavy (non-hydrogen) atoms. The molecule has 2 aromatic carbocycles. The first kappa shape index (κ1) is 18.5. The molecule has 1 unspecified atom stereocenters. The van der Waals surface area contributed by atoms with Crippen LogP contribution in [0.15, 0.2) is 48.5 Å². The standard InChI is InChI=1S/C21H24N2O2S/c1-14-5-11-17(12-6-14)23-18(24)13-26-19(23)15-7-9-16(10-8-15)22-20(25)21(2,3)4/h5-12,19H,13H2,1-4H3,(H,22,25). The Bertz CT molecular complexity index is 807. The van der Waals surface area contributed by atoms with Crippen LogP contribution in [0.2, 0.25) is 0 Å². The maximum Gasteiger partial charge on any atom is 0.238 e. The first-order valence-corrected chi connectivity index (χ1v) is 9.72. The molecule has 0 saturated carbocycles. The molecule has 1 atom stereocenters. The summed E-state index contributed by atoms with van der Waals surface area (Å²) < 4.78 is 0. The van der Waals surface area contributed by atoms with Gasteiger partial charge in [-0.1, -0.05) is 50.6 Å². The fourth-order valence-electron chi connectivity index (χ4n) is 2.70. The molecule has 1 heterocycles. The van der Waals surface area contributed by atoms with Crippen molar-refractivity contribution in [2.75, 3.05) is 16.0 Å². The number of aryl methyl sites for hydroxylation is 1. The number of rotatable bonds is 3. The van der Waals surface area contributed by atoms with Gasteiger partial charge in [0.2, 0.25) is 11.8 Å². The third-order valence-electron chi connectivity index (χ3n) is 4.31. The van der Waals surface area contributed by atoms with E-state index in [0.29, 0.717) is 5.75 Å². The molecular weight excluding hydrogens is 344 g/mol. The first-order chi connectivity index (χ1) is 12.3. The second-order valence-corrected chi connectivity index (χ2v) is 8.66. The molecule has 3 rings (SSSR count). The number of hydrogen-bond acceptors (Lipinski definition) is 3. The molecular formula is C21H24N2O2S. The largest absolute Gasteiger partial charge is 0.326 e. The second kappa shape index (κ2) is 7.16. The fraction of sp³-hybridized carbons (Fsp3) is 0.333. The Morgan fingerprint density at radius 1 is 1.08 bits per heavy atom. The number of carbonyl (C=O) groups excluding carboxylic acids is 2. The molecule has 1 saturated heterocycles. The highest BCUT2D eigenvalue weighted by atomic mass is 32.2. The molecule has 0 radical (unpaired) electrons. The van der Waals surface area contributed by atoms with Crippen molar-refractivity contribution in [2.45, 2.75) is 33.1 Å². The number of amides is 2. The van der Waals surface area contributed by atoms with E-state index in [1.165, 1.54) is 5.56 Å². The van der Waals surface area contributed by atoms with Crippen molar-refractivity contribution < 1.29 is 9.59 Å². The molecule has 136 valence electrons. The van der Waals surface area contributed by atoms with Gasteiger partial charge in [-0.15, -0.1) is 11.8 Å². The van der Waals surface area contributed by atoms with Crippen LogP contribution in [0.5, 0.6) is 0 Å². The number of nitrogens with zero attached hydrogens (tertiary/aromatic N) is 1. The number of anilines is 2. The molecule has 0 bridgehead atoms. The van der Waals surface area contributed by atoms with Gasteiger partial charge in [0.15, 0.2) is 0 Å². The molecule has 4 nitrogen and oxygen atoms in total. The van der Waals surface area contributed by atoms with Crippen molar-refractivity contribution in [2.24, 2.45) is 5.41 Å². The zero-order valence-corrected chi connectivity index (χ0v) is 16.4. The van der Waals surface area contributed by atoms with Crippen molar-refractivity contribution in [3.63, 3.8) is 0 Å². The summed E-state index contributed by atoms with van der Waals surface area (Å²) in [6, 6.07) is 15.8. The Kier molecular flexibility index (Phi) is 5.10. The van der Waals surface area contributed by atoms with Crippen LogP contribution in [0.4, 0.5) is 11.4 Å². The van der Waals surface area contributed by atoms with Crippen molar-refractivity contribution in [3.8, 4) is 0 Å². The molecule has 2 aromatic rings. The highest BCUT2D eigenvalue weighted by molar-refractivity contribution is 8.00. The van der Waals surface area contributed by atoms with Crippen LogP contribution in [0.3, 0.4) is 0 Å². The van der Waals surface area contributed by atoms with E-state index in [1.54, 1.807) is 11.8 Å². The molecule has 1 aliphatic heterocycles. The predicted molar refractivity (Wildman–Crippen MR) is 108 cm³/mol. The van der Waals surface area contributed by atoms with Crippen LogP contribution < -0.4 is 10.2 Å². The van der Waals surface area contributed by atoms with Gasteiger partial charge in [0.25, 0.3) is 0 Å². The van der Waals surface area contributed by atoms with E-state index < -0.39 is 5.41 Å². The van der Waals surface area contributed by atoms with E-state index in [4.69, 9.17) is 0 Å². The number of thioether (sulfide) groups is 1. The van der Waals surface area contributed by atoms with Gasteiger partial charge in [0.05, 0.1) is 5.75 Å². The summed E-state index contributed by atoms with van der Waals surface area (Å²) >= 11 is 1.62. The maximum atomic E-state index is 12.4. The Morgan fingerprint density at radius 2 is 1.69 bits per heavy atom. The average Bonchev–Trinajstić information content (AvgIpc) is 2.97. The van der Waals surface area contributed by atoms with Gasteiger partial charge >= 0.3 is 0 Å². The van der Waals surface area contributed by atoms with E-state index in [-0.39, 0.29) is 17.2 Å². The van der Waals surface area contributed by atoms with E-state index >= 15 is 0 Å². The summed E-state index contributed by atoms with van der Waals surface area (Å²) in [4.78, 5) is 26.4. The number of nitrogens with one attached hydrogen (secondary N) is 1. The zero-order valence-electron chi connectivity index (χ0n) is 15.6. The smallest absolute Gasteiger partial charge is 0.238 e. The lowest BCUT2D eigenvalue weighted by Gasteiger charge is -2.25. The number of hydrogen-bond donors (Lipinski definition) is 1. The van der Waals surface area contributed by atoms with Crippen LogP contribution >= 0.6 is 11.8 Å². The highest BCUT2D eigenvalue weighted by Crippen LogP contribution is 2.42. The molecule has 1 N–H and O–H groups in total. The molecule has 0 spiro atoms. The maximum absolute atomic E-state index is 12.4. The third kappa shape index (κ3) is 3.93. The average molecular weight is 369 g/mol. The van der Waals surface area contributed by atoms with Crippen LogP contribution in [-0.2, 0) is 9.59 Å². The highest BCUT2D eigenvalue weighted by Gasteiger charge is 2.34. The fourth-order valence-corrected chi connectivity index (χ4v) is 3.88. The van der Waals surface area contributed by atoms with Gasteiger partial charge in [-0.05, 0) is 36.8 Å². The Hall–Kier alpha value is -2.27. The lowest BCUT2D eigenvalue weighted by Crippen LogP contribution is -2.28. The summed E-state index contributed by atoms with van der Waals surface area (Å²) in [7, 11) is 0.